The van der Waals surface area contributed by atoms with Crippen LogP contribution in [0, 0.1) is 5.41 Å². The van der Waals surface area contributed by atoms with Gasteiger partial charge in [0.1, 0.15) is 11.6 Å². The van der Waals surface area contributed by atoms with Crippen molar-refractivity contribution in [3.05, 3.63) is 57.6 Å². The molecule has 0 atom stereocenters. The molecule has 2 aliphatic rings. The fraction of sp³-hybridized carbons (Fsp3) is 0.407. The first kappa shape index (κ1) is 24.4. The number of Topliss-reactive ketones (excluding diaryl/α,β-unsaturated/α-hetero) is 1. The highest BCUT2D eigenvalue weighted by atomic mass is 16.5. The third kappa shape index (κ3) is 4.65. The Kier molecular flexibility index (Phi) is 6.40. The zero-order valence-electron chi connectivity index (χ0n) is 20.9. The number of carbonyl (C=O) groups excluding carboxylic acids is 3. The van der Waals surface area contributed by atoms with E-state index in [1.165, 1.54) is 0 Å². The van der Waals surface area contributed by atoms with Crippen LogP contribution in [0.3, 0.4) is 0 Å². The Hall–Kier alpha value is -3.68. The molecule has 0 saturated heterocycles. The number of amides is 2. The average molecular weight is 477 g/mol. The summed E-state index contributed by atoms with van der Waals surface area (Å²) in [5.74, 6) is 0.197. The summed E-state index contributed by atoms with van der Waals surface area (Å²) in [5.41, 5.74) is 4.99. The Bertz CT molecular complexity index is 1240. The molecule has 0 saturated carbocycles. The zero-order valence-corrected chi connectivity index (χ0v) is 20.9. The van der Waals surface area contributed by atoms with Crippen molar-refractivity contribution in [1.29, 1.82) is 5.41 Å². The van der Waals surface area contributed by atoms with Crippen LogP contribution >= 0.6 is 0 Å². The second-order valence-corrected chi connectivity index (χ2v) is 9.99. The summed E-state index contributed by atoms with van der Waals surface area (Å²) < 4.78 is 5.66. The van der Waals surface area contributed by atoms with Crippen LogP contribution in [0.15, 0.2) is 24.3 Å². The van der Waals surface area contributed by atoms with Crippen LogP contribution in [-0.2, 0) is 23.2 Å². The van der Waals surface area contributed by atoms with E-state index in [9.17, 15) is 14.4 Å². The number of amidine groups is 1. The third-order valence-electron chi connectivity index (χ3n) is 6.50. The second kappa shape index (κ2) is 9.17. The number of ether oxygens (including phenoxy) is 1. The van der Waals surface area contributed by atoms with Crippen molar-refractivity contribution in [2.45, 2.75) is 52.5 Å². The highest BCUT2D eigenvalue weighted by molar-refractivity contribution is 6.08. The summed E-state index contributed by atoms with van der Waals surface area (Å²) >= 11 is 0. The Balaban J connectivity index is 1.63. The largest absolute Gasteiger partial charge is 0.493 e. The van der Waals surface area contributed by atoms with Gasteiger partial charge in [-0.1, -0.05) is 20.8 Å². The lowest BCUT2D eigenvalue weighted by Crippen LogP contribution is -2.31. The molecule has 8 heteroatoms. The first-order chi connectivity index (χ1) is 16.5. The molecule has 4 rings (SSSR count). The minimum absolute atomic E-state index is 0.0170. The van der Waals surface area contributed by atoms with Crippen molar-refractivity contribution in [1.82, 2.24) is 10.2 Å². The van der Waals surface area contributed by atoms with Gasteiger partial charge in [-0.15, -0.1) is 0 Å². The minimum Gasteiger partial charge on any atom is -0.493 e. The van der Waals surface area contributed by atoms with Gasteiger partial charge in [0, 0.05) is 36.8 Å². The predicted octanol–water partition coefficient (Wildman–Crippen LogP) is 3.65. The van der Waals surface area contributed by atoms with Crippen molar-refractivity contribution in [2.24, 2.45) is 0 Å². The first-order valence-electron chi connectivity index (χ1n) is 11.9. The second-order valence-electron chi connectivity index (χ2n) is 9.99. The molecule has 3 N–H and O–H groups in total. The number of ketones is 1. The van der Waals surface area contributed by atoms with E-state index in [4.69, 9.17) is 10.1 Å². The van der Waals surface area contributed by atoms with Crippen LogP contribution in [0.25, 0.3) is 0 Å². The van der Waals surface area contributed by atoms with Gasteiger partial charge in [-0.2, -0.15) is 0 Å². The molecule has 2 aromatic carbocycles. The number of nitrogens with one attached hydrogen (secondary N) is 3. The predicted molar refractivity (Wildman–Crippen MR) is 135 cm³/mol. The van der Waals surface area contributed by atoms with E-state index in [1.54, 1.807) is 30.1 Å². The quantitative estimate of drug-likeness (QED) is 0.551. The van der Waals surface area contributed by atoms with Gasteiger partial charge in [0.15, 0.2) is 5.78 Å². The van der Waals surface area contributed by atoms with Gasteiger partial charge in [0.2, 0.25) is 5.91 Å². The molecule has 0 spiro atoms. The van der Waals surface area contributed by atoms with Crippen LogP contribution in [0.5, 0.6) is 5.75 Å². The molecule has 8 nitrogen and oxygen atoms in total. The van der Waals surface area contributed by atoms with Gasteiger partial charge in [0.05, 0.1) is 18.7 Å². The van der Waals surface area contributed by atoms with Gasteiger partial charge in [-0.05, 0) is 59.7 Å². The molecule has 0 bridgehead atoms. The van der Waals surface area contributed by atoms with Crippen LogP contribution in [0.2, 0.25) is 0 Å². The van der Waals surface area contributed by atoms with Crippen LogP contribution in [-0.4, -0.2) is 48.5 Å². The molecule has 0 aromatic heterocycles. The molecule has 2 amide bonds. The maximum Gasteiger partial charge on any atom is 0.254 e. The smallest absolute Gasteiger partial charge is 0.254 e. The maximum atomic E-state index is 13.4. The molecule has 0 unspecified atom stereocenters. The van der Waals surface area contributed by atoms with Crippen molar-refractivity contribution >= 4 is 29.1 Å². The van der Waals surface area contributed by atoms with Gasteiger partial charge in [0.25, 0.3) is 5.91 Å². The van der Waals surface area contributed by atoms with E-state index in [1.807, 2.05) is 13.0 Å². The number of anilines is 1. The summed E-state index contributed by atoms with van der Waals surface area (Å²) in [7, 11) is 1.55. The molecule has 2 aliphatic heterocycles. The molecule has 0 aliphatic carbocycles. The molecular formula is C27H32N4O4. The lowest BCUT2D eigenvalue weighted by Gasteiger charge is -2.29. The van der Waals surface area contributed by atoms with Crippen molar-refractivity contribution in [3.63, 3.8) is 0 Å². The van der Waals surface area contributed by atoms with Gasteiger partial charge in [-0.3, -0.25) is 19.8 Å². The molecule has 0 radical (unpaired) electrons. The lowest BCUT2D eigenvalue weighted by molar-refractivity contribution is -0.116. The average Bonchev–Trinajstić information content (AvgIpc) is 3.10. The van der Waals surface area contributed by atoms with Crippen molar-refractivity contribution < 1.29 is 19.1 Å². The standard InChI is InChI=1S/C27H32N4O4/c1-6-35-23-11-16-13-31(25(28)18(16)12-19(23)26(34)29-5)14-22(32)15-9-20(27(2,3)4)17-7-8-24(33)30-21(17)10-15/h9-12,28H,6-8,13-14H2,1-5H3,(H,29,34)(H,30,33). The Morgan fingerprint density at radius 3 is 2.57 bits per heavy atom. The minimum atomic E-state index is -0.288. The molecule has 2 aromatic rings. The number of hydrogen-bond acceptors (Lipinski definition) is 5. The molecule has 35 heavy (non-hydrogen) atoms. The summed E-state index contributed by atoms with van der Waals surface area (Å²) in [6.07, 6.45) is 1.10. The lowest BCUT2D eigenvalue weighted by atomic mass is 9.79. The number of rotatable bonds is 6. The molecule has 2 heterocycles. The van der Waals surface area contributed by atoms with Gasteiger partial charge in [-0.25, -0.2) is 0 Å². The third-order valence-corrected chi connectivity index (χ3v) is 6.50. The highest BCUT2D eigenvalue weighted by Gasteiger charge is 2.31. The molecule has 184 valence electrons. The van der Waals surface area contributed by atoms with E-state index < -0.39 is 0 Å². The Labute approximate surface area is 205 Å². The SMILES string of the molecule is CCOc1cc2c(cc1C(=O)NC)C(=N)N(CC(=O)c1cc3c(c(C(C)(C)C)c1)CCC(=O)N3)C2. The number of benzene rings is 2. The van der Waals surface area contributed by atoms with Crippen LogP contribution < -0.4 is 15.4 Å². The van der Waals surface area contributed by atoms with Crippen molar-refractivity contribution in [2.75, 3.05) is 25.5 Å². The normalized spacial score (nSPS) is 14.8. The van der Waals surface area contributed by atoms with E-state index in [0.29, 0.717) is 54.1 Å². The maximum absolute atomic E-state index is 13.4. The summed E-state index contributed by atoms with van der Waals surface area (Å²) in [6.45, 7) is 8.94. The topological polar surface area (TPSA) is 112 Å². The fourth-order valence-corrected chi connectivity index (χ4v) is 4.75. The summed E-state index contributed by atoms with van der Waals surface area (Å²) in [6, 6.07) is 7.14. The summed E-state index contributed by atoms with van der Waals surface area (Å²) in [4.78, 5) is 39.5. The van der Waals surface area contributed by atoms with Crippen molar-refractivity contribution in [3.8, 4) is 5.75 Å². The number of fused-ring (bicyclic) bond motifs is 2. The number of hydrogen-bond donors (Lipinski definition) is 3. The van der Waals surface area contributed by atoms with E-state index in [0.717, 1.165) is 16.7 Å². The first-order valence-corrected chi connectivity index (χ1v) is 11.9. The highest BCUT2D eigenvalue weighted by Crippen LogP contribution is 2.36. The summed E-state index contributed by atoms with van der Waals surface area (Å²) in [5, 5.41) is 14.2. The van der Waals surface area contributed by atoms with Crippen LogP contribution in [0.4, 0.5) is 5.69 Å². The van der Waals surface area contributed by atoms with E-state index in [-0.39, 0.29) is 35.4 Å². The van der Waals surface area contributed by atoms with Crippen LogP contribution in [0.1, 0.15) is 77.1 Å². The van der Waals surface area contributed by atoms with E-state index in [2.05, 4.69) is 31.4 Å². The number of nitrogens with zero attached hydrogens (tertiary/aromatic N) is 1. The monoisotopic (exact) mass is 476 g/mol. The zero-order chi connectivity index (χ0) is 25.5. The fourth-order valence-electron chi connectivity index (χ4n) is 4.75. The Morgan fingerprint density at radius 2 is 1.91 bits per heavy atom. The molecule has 0 fully saturated rings. The van der Waals surface area contributed by atoms with E-state index >= 15 is 0 Å². The number of carbonyl (C=O) groups is 3. The Morgan fingerprint density at radius 1 is 1.17 bits per heavy atom. The van der Waals surface area contributed by atoms with Gasteiger partial charge < -0.3 is 20.3 Å². The van der Waals surface area contributed by atoms with Gasteiger partial charge >= 0.3 is 0 Å². The molecular weight excluding hydrogens is 444 g/mol.